The first-order valence-corrected chi connectivity index (χ1v) is 7.86. The van der Waals surface area contributed by atoms with E-state index in [1.165, 1.54) is 0 Å². The minimum Gasteiger partial charge on any atom is -0.340 e. The van der Waals surface area contributed by atoms with Gasteiger partial charge in [0.25, 0.3) is 5.91 Å². The van der Waals surface area contributed by atoms with E-state index in [1.54, 1.807) is 18.3 Å². The van der Waals surface area contributed by atoms with Crippen LogP contribution >= 0.6 is 15.9 Å². The molecular weight excluding hydrogens is 354 g/mol. The Morgan fingerprint density at radius 1 is 0.913 bits per heavy atom. The van der Waals surface area contributed by atoms with Crippen molar-refractivity contribution in [1.29, 1.82) is 0 Å². The molecule has 0 bridgehead atoms. The van der Waals surface area contributed by atoms with Crippen LogP contribution < -0.4 is 10.6 Å². The van der Waals surface area contributed by atoms with Gasteiger partial charge in [-0.2, -0.15) is 0 Å². The fourth-order valence-electron chi connectivity index (χ4n) is 2.11. The lowest BCUT2D eigenvalue weighted by atomic mass is 10.2. The Bertz CT molecular complexity index is 821. The third-order valence-electron chi connectivity index (χ3n) is 3.17. The van der Waals surface area contributed by atoms with Crippen molar-refractivity contribution in [3.8, 4) is 0 Å². The van der Waals surface area contributed by atoms with Gasteiger partial charge in [0.1, 0.15) is 5.82 Å². The van der Waals surface area contributed by atoms with Crippen molar-refractivity contribution in [3.63, 3.8) is 0 Å². The van der Waals surface area contributed by atoms with E-state index in [1.807, 2.05) is 54.6 Å². The maximum Gasteiger partial charge on any atom is 0.259 e. The zero-order chi connectivity index (χ0) is 16.1. The van der Waals surface area contributed by atoms with Crippen LogP contribution in [0.15, 0.2) is 77.4 Å². The highest BCUT2D eigenvalue weighted by Crippen LogP contribution is 2.22. The largest absolute Gasteiger partial charge is 0.340 e. The van der Waals surface area contributed by atoms with Gasteiger partial charge in [-0.1, -0.05) is 40.2 Å². The first kappa shape index (κ1) is 15.2. The van der Waals surface area contributed by atoms with Gasteiger partial charge in [-0.15, -0.1) is 0 Å². The van der Waals surface area contributed by atoms with E-state index in [-0.39, 0.29) is 5.91 Å². The molecule has 4 nitrogen and oxygen atoms in total. The SMILES string of the molecule is O=C(Nc1ccccc1)c1cccnc1Nc1cccc(Br)c1. The summed E-state index contributed by atoms with van der Waals surface area (Å²) in [6.45, 7) is 0. The molecule has 0 aliphatic heterocycles. The molecule has 23 heavy (non-hydrogen) atoms. The normalized spacial score (nSPS) is 10.1. The highest BCUT2D eigenvalue weighted by molar-refractivity contribution is 9.10. The van der Waals surface area contributed by atoms with E-state index in [0.29, 0.717) is 11.4 Å². The molecule has 3 aromatic rings. The lowest BCUT2D eigenvalue weighted by Gasteiger charge is -2.11. The summed E-state index contributed by atoms with van der Waals surface area (Å²) in [5.74, 6) is 0.306. The van der Waals surface area contributed by atoms with Crippen LogP contribution in [-0.4, -0.2) is 10.9 Å². The van der Waals surface area contributed by atoms with Crippen LogP contribution in [-0.2, 0) is 0 Å². The predicted octanol–water partition coefficient (Wildman–Crippen LogP) is 4.84. The van der Waals surface area contributed by atoms with Crippen molar-refractivity contribution < 1.29 is 4.79 Å². The molecule has 1 aromatic heterocycles. The molecule has 1 amide bonds. The Morgan fingerprint density at radius 3 is 2.48 bits per heavy atom. The summed E-state index contributed by atoms with van der Waals surface area (Å²) in [4.78, 5) is 16.8. The Kier molecular flexibility index (Phi) is 4.68. The lowest BCUT2D eigenvalue weighted by molar-refractivity contribution is 0.102. The Morgan fingerprint density at radius 2 is 1.70 bits per heavy atom. The van der Waals surface area contributed by atoms with Crippen LogP contribution in [0.25, 0.3) is 0 Å². The van der Waals surface area contributed by atoms with Crippen molar-refractivity contribution >= 4 is 39.0 Å². The summed E-state index contributed by atoms with van der Waals surface area (Å²) in [6, 6.07) is 20.5. The third-order valence-corrected chi connectivity index (χ3v) is 3.66. The monoisotopic (exact) mass is 367 g/mol. The van der Waals surface area contributed by atoms with Gasteiger partial charge in [-0.05, 0) is 42.5 Å². The number of hydrogen-bond donors (Lipinski definition) is 2. The van der Waals surface area contributed by atoms with Gasteiger partial charge in [0.05, 0.1) is 5.56 Å². The van der Waals surface area contributed by atoms with Gasteiger partial charge in [0.2, 0.25) is 0 Å². The molecule has 0 radical (unpaired) electrons. The molecule has 0 saturated heterocycles. The average molecular weight is 368 g/mol. The van der Waals surface area contributed by atoms with Crippen LogP contribution in [0.1, 0.15) is 10.4 Å². The van der Waals surface area contributed by atoms with Crippen molar-refractivity contribution in [2.24, 2.45) is 0 Å². The zero-order valence-electron chi connectivity index (χ0n) is 12.2. The van der Waals surface area contributed by atoms with Gasteiger partial charge in [-0.25, -0.2) is 4.98 Å². The number of nitrogens with zero attached hydrogens (tertiary/aromatic N) is 1. The molecule has 0 aliphatic rings. The van der Waals surface area contributed by atoms with E-state index in [4.69, 9.17) is 0 Å². The number of pyridine rings is 1. The quantitative estimate of drug-likeness (QED) is 0.693. The number of hydrogen-bond acceptors (Lipinski definition) is 3. The number of carbonyl (C=O) groups excluding carboxylic acids is 1. The number of benzene rings is 2. The second-order valence-corrected chi connectivity index (χ2v) is 5.77. The van der Waals surface area contributed by atoms with Crippen LogP contribution in [0.5, 0.6) is 0 Å². The van der Waals surface area contributed by atoms with E-state index >= 15 is 0 Å². The molecule has 114 valence electrons. The second-order valence-electron chi connectivity index (χ2n) is 4.86. The first-order valence-electron chi connectivity index (χ1n) is 7.06. The predicted molar refractivity (Wildman–Crippen MR) is 96.1 cm³/mol. The van der Waals surface area contributed by atoms with Gasteiger partial charge >= 0.3 is 0 Å². The first-order chi connectivity index (χ1) is 11.2. The van der Waals surface area contributed by atoms with E-state index in [2.05, 4.69) is 31.5 Å². The molecule has 0 saturated carbocycles. The second kappa shape index (κ2) is 7.07. The van der Waals surface area contributed by atoms with E-state index in [0.717, 1.165) is 15.8 Å². The zero-order valence-corrected chi connectivity index (χ0v) is 13.7. The fourth-order valence-corrected chi connectivity index (χ4v) is 2.51. The number of anilines is 3. The molecule has 0 fully saturated rings. The smallest absolute Gasteiger partial charge is 0.259 e. The number of nitrogens with one attached hydrogen (secondary N) is 2. The molecular formula is C18H14BrN3O. The number of carbonyl (C=O) groups is 1. The van der Waals surface area contributed by atoms with Crippen molar-refractivity contribution in [3.05, 3.63) is 83.0 Å². The summed E-state index contributed by atoms with van der Waals surface area (Å²) < 4.78 is 0.953. The van der Waals surface area contributed by atoms with Gasteiger partial charge in [0.15, 0.2) is 0 Å². The summed E-state index contributed by atoms with van der Waals surface area (Å²) in [5.41, 5.74) is 2.08. The molecule has 0 atom stereocenters. The van der Waals surface area contributed by atoms with Crippen molar-refractivity contribution in [2.45, 2.75) is 0 Å². The molecule has 1 heterocycles. The summed E-state index contributed by atoms with van der Waals surface area (Å²) in [6.07, 6.45) is 1.65. The molecule has 0 aliphatic carbocycles. The van der Waals surface area contributed by atoms with Crippen LogP contribution in [0, 0.1) is 0 Å². The summed E-state index contributed by atoms with van der Waals surface area (Å²) in [7, 11) is 0. The maximum atomic E-state index is 12.5. The van der Waals surface area contributed by atoms with Crippen LogP contribution in [0.3, 0.4) is 0 Å². The molecule has 0 unspecified atom stereocenters. The van der Waals surface area contributed by atoms with Crippen molar-refractivity contribution in [1.82, 2.24) is 4.98 Å². The minimum absolute atomic E-state index is 0.207. The van der Waals surface area contributed by atoms with Gasteiger partial charge < -0.3 is 10.6 Å². The van der Waals surface area contributed by atoms with Crippen molar-refractivity contribution in [2.75, 3.05) is 10.6 Å². The third kappa shape index (κ3) is 3.96. The highest BCUT2D eigenvalue weighted by Gasteiger charge is 2.12. The molecule has 3 rings (SSSR count). The molecule has 5 heteroatoms. The fraction of sp³-hybridized carbons (Fsp3) is 0. The standard InChI is InChI=1S/C18H14BrN3O/c19-13-6-4-9-15(12-13)21-17-16(10-5-11-20-17)18(23)22-14-7-2-1-3-8-14/h1-12H,(H,20,21)(H,22,23). The number of rotatable bonds is 4. The average Bonchev–Trinajstić information content (AvgIpc) is 2.56. The van der Waals surface area contributed by atoms with E-state index in [9.17, 15) is 4.79 Å². The highest BCUT2D eigenvalue weighted by atomic mass is 79.9. The number of aromatic nitrogens is 1. The number of amides is 1. The van der Waals surface area contributed by atoms with Gasteiger partial charge in [-0.3, -0.25) is 4.79 Å². The summed E-state index contributed by atoms with van der Waals surface area (Å²) >= 11 is 3.43. The maximum absolute atomic E-state index is 12.5. The van der Waals surface area contributed by atoms with Crippen LogP contribution in [0.4, 0.5) is 17.2 Å². The Labute approximate surface area is 142 Å². The Balaban J connectivity index is 1.84. The van der Waals surface area contributed by atoms with Crippen LogP contribution in [0.2, 0.25) is 0 Å². The number of para-hydroxylation sites is 1. The van der Waals surface area contributed by atoms with Gasteiger partial charge in [0, 0.05) is 22.0 Å². The Hall–Kier alpha value is -2.66. The lowest BCUT2D eigenvalue weighted by Crippen LogP contribution is -2.14. The number of halogens is 1. The molecule has 2 aromatic carbocycles. The molecule has 2 N–H and O–H groups in total. The van der Waals surface area contributed by atoms with E-state index < -0.39 is 0 Å². The topological polar surface area (TPSA) is 54.0 Å². The molecule has 0 spiro atoms. The summed E-state index contributed by atoms with van der Waals surface area (Å²) in [5, 5.41) is 6.05. The minimum atomic E-state index is -0.207.